The van der Waals surface area contributed by atoms with E-state index in [4.69, 9.17) is 5.11 Å². The number of aryl methyl sites for hydroxylation is 1. The van der Waals surface area contributed by atoms with Gasteiger partial charge in [0.25, 0.3) is 5.91 Å². The highest BCUT2D eigenvalue weighted by molar-refractivity contribution is 7.12. The van der Waals surface area contributed by atoms with Crippen LogP contribution in [-0.4, -0.2) is 34.5 Å². The summed E-state index contributed by atoms with van der Waals surface area (Å²) in [5.41, 5.74) is 1.07. The lowest BCUT2D eigenvalue weighted by molar-refractivity contribution is -0.137. The van der Waals surface area contributed by atoms with E-state index in [1.807, 2.05) is 32.2 Å². The smallest absolute Gasteiger partial charge is 0.303 e. The van der Waals surface area contributed by atoms with Crippen molar-refractivity contribution in [2.24, 2.45) is 0 Å². The van der Waals surface area contributed by atoms with E-state index in [1.165, 1.54) is 11.3 Å². The van der Waals surface area contributed by atoms with Crippen LogP contribution in [-0.2, 0) is 11.2 Å². The third-order valence-corrected chi connectivity index (χ3v) is 3.94. The molecule has 1 heterocycles. The lowest BCUT2D eigenvalue weighted by Crippen LogP contribution is -2.37. The molecule has 0 bridgehead atoms. The van der Waals surface area contributed by atoms with Gasteiger partial charge >= 0.3 is 5.97 Å². The molecule has 1 N–H and O–H groups in total. The third-order valence-electron chi connectivity index (χ3n) is 3.00. The summed E-state index contributed by atoms with van der Waals surface area (Å²) in [6.07, 6.45) is 1.43. The topological polar surface area (TPSA) is 57.6 Å². The van der Waals surface area contributed by atoms with Gasteiger partial charge in [0.15, 0.2) is 0 Å². The van der Waals surface area contributed by atoms with E-state index in [-0.39, 0.29) is 18.4 Å². The highest BCUT2D eigenvalue weighted by atomic mass is 32.1. The van der Waals surface area contributed by atoms with Gasteiger partial charge in [-0.25, -0.2) is 0 Å². The van der Waals surface area contributed by atoms with E-state index < -0.39 is 5.97 Å². The number of carbonyl (C=O) groups is 2. The summed E-state index contributed by atoms with van der Waals surface area (Å²) in [4.78, 5) is 25.6. The number of rotatable bonds is 7. The monoisotopic (exact) mass is 283 g/mol. The number of aliphatic carboxylic acids is 1. The molecule has 4 nitrogen and oxygen atoms in total. The van der Waals surface area contributed by atoms with Crippen LogP contribution in [0.5, 0.6) is 0 Å². The maximum atomic E-state index is 12.5. The largest absolute Gasteiger partial charge is 0.481 e. The van der Waals surface area contributed by atoms with E-state index in [0.717, 1.165) is 16.9 Å². The molecule has 0 fully saturated rings. The average Bonchev–Trinajstić information content (AvgIpc) is 2.81. The molecule has 1 rings (SSSR count). The van der Waals surface area contributed by atoms with Crippen molar-refractivity contribution in [3.05, 3.63) is 21.9 Å². The number of thiophene rings is 1. The molecule has 1 amide bonds. The predicted molar refractivity (Wildman–Crippen MR) is 76.7 cm³/mol. The molecule has 0 aliphatic rings. The Morgan fingerprint density at radius 2 is 2.11 bits per heavy atom. The molecular formula is C14H21NO3S. The number of nitrogens with zero attached hydrogens (tertiary/aromatic N) is 1. The Hall–Kier alpha value is -1.36. The van der Waals surface area contributed by atoms with E-state index in [2.05, 4.69) is 0 Å². The number of carboxylic acid groups (broad SMARTS) is 1. The highest BCUT2D eigenvalue weighted by Gasteiger charge is 2.21. The molecule has 0 atom stereocenters. The number of hydrogen-bond donors (Lipinski definition) is 1. The summed E-state index contributed by atoms with van der Waals surface area (Å²) in [5.74, 6) is -0.797. The molecule has 0 radical (unpaired) electrons. The van der Waals surface area contributed by atoms with Crippen LogP contribution in [0.2, 0.25) is 0 Å². The van der Waals surface area contributed by atoms with Crippen molar-refractivity contribution in [1.29, 1.82) is 0 Å². The second-order valence-electron chi connectivity index (χ2n) is 4.72. The fourth-order valence-electron chi connectivity index (χ4n) is 1.93. The summed E-state index contributed by atoms with van der Waals surface area (Å²) < 4.78 is 0. The maximum Gasteiger partial charge on any atom is 0.303 e. The van der Waals surface area contributed by atoms with Crippen molar-refractivity contribution < 1.29 is 14.7 Å². The van der Waals surface area contributed by atoms with Gasteiger partial charge < -0.3 is 10.0 Å². The van der Waals surface area contributed by atoms with E-state index in [0.29, 0.717) is 13.0 Å². The van der Waals surface area contributed by atoms with Crippen LogP contribution in [0.15, 0.2) is 11.4 Å². The van der Waals surface area contributed by atoms with Crippen LogP contribution >= 0.6 is 11.3 Å². The van der Waals surface area contributed by atoms with Gasteiger partial charge in [0, 0.05) is 19.0 Å². The Labute approximate surface area is 118 Å². The molecular weight excluding hydrogens is 262 g/mol. The van der Waals surface area contributed by atoms with E-state index >= 15 is 0 Å². The van der Waals surface area contributed by atoms with Gasteiger partial charge in [0.2, 0.25) is 0 Å². The summed E-state index contributed by atoms with van der Waals surface area (Å²) in [6.45, 7) is 6.43. The maximum absolute atomic E-state index is 12.5. The van der Waals surface area contributed by atoms with Crippen molar-refractivity contribution >= 4 is 23.2 Å². The molecule has 0 saturated heterocycles. The number of amides is 1. The quantitative estimate of drug-likeness (QED) is 0.836. The first-order valence-corrected chi connectivity index (χ1v) is 7.44. The second-order valence-corrected chi connectivity index (χ2v) is 5.63. The van der Waals surface area contributed by atoms with Gasteiger partial charge in [-0.05, 0) is 43.7 Å². The van der Waals surface area contributed by atoms with Crippen LogP contribution in [0.1, 0.15) is 48.8 Å². The summed E-state index contributed by atoms with van der Waals surface area (Å²) in [7, 11) is 0. The molecule has 0 aliphatic heterocycles. The van der Waals surface area contributed by atoms with Gasteiger partial charge in [0.05, 0.1) is 4.88 Å². The zero-order valence-electron chi connectivity index (χ0n) is 11.7. The summed E-state index contributed by atoms with van der Waals surface area (Å²) in [6, 6.07) is 2.06. The summed E-state index contributed by atoms with van der Waals surface area (Å²) >= 11 is 1.46. The van der Waals surface area contributed by atoms with Crippen molar-refractivity contribution in [2.75, 3.05) is 6.54 Å². The lowest BCUT2D eigenvalue weighted by Gasteiger charge is -2.26. The van der Waals surface area contributed by atoms with Crippen molar-refractivity contribution in [3.63, 3.8) is 0 Å². The molecule has 19 heavy (non-hydrogen) atoms. The van der Waals surface area contributed by atoms with Crippen molar-refractivity contribution in [2.45, 2.75) is 46.1 Å². The molecule has 0 aromatic carbocycles. The Kier molecular flexibility index (Phi) is 6.02. The fraction of sp³-hybridized carbons (Fsp3) is 0.571. The third kappa shape index (κ3) is 4.35. The minimum atomic E-state index is -0.818. The first-order valence-electron chi connectivity index (χ1n) is 6.56. The van der Waals surface area contributed by atoms with Crippen LogP contribution < -0.4 is 0 Å². The Morgan fingerprint density at radius 3 is 2.63 bits per heavy atom. The first-order chi connectivity index (χ1) is 8.97. The zero-order chi connectivity index (χ0) is 14.4. The number of hydrogen-bond acceptors (Lipinski definition) is 3. The van der Waals surface area contributed by atoms with Gasteiger partial charge in [-0.1, -0.05) is 6.92 Å². The lowest BCUT2D eigenvalue weighted by atomic mass is 10.1. The second kappa shape index (κ2) is 7.28. The molecule has 0 saturated carbocycles. The van der Waals surface area contributed by atoms with Crippen LogP contribution in [0.3, 0.4) is 0 Å². The minimum absolute atomic E-state index is 0.0206. The standard InChI is InChI=1S/C14H21NO3S/c1-4-11-7-9-19-13(11)14(18)15(10(2)3)8-5-6-12(16)17/h7,9-10H,4-6,8H2,1-3H3,(H,16,17). The molecule has 1 aromatic heterocycles. The van der Waals surface area contributed by atoms with E-state index in [9.17, 15) is 9.59 Å². The van der Waals surface area contributed by atoms with Gasteiger partial charge in [-0.2, -0.15) is 0 Å². The Morgan fingerprint density at radius 1 is 1.42 bits per heavy atom. The molecule has 106 valence electrons. The van der Waals surface area contributed by atoms with Crippen LogP contribution in [0.4, 0.5) is 0 Å². The van der Waals surface area contributed by atoms with Crippen molar-refractivity contribution in [1.82, 2.24) is 4.90 Å². The number of carbonyl (C=O) groups excluding carboxylic acids is 1. The molecule has 1 aromatic rings. The fourth-order valence-corrected chi connectivity index (χ4v) is 2.88. The molecule has 0 unspecified atom stereocenters. The van der Waals surface area contributed by atoms with E-state index in [1.54, 1.807) is 4.90 Å². The van der Waals surface area contributed by atoms with Gasteiger partial charge in [-0.15, -0.1) is 11.3 Å². The van der Waals surface area contributed by atoms with Gasteiger partial charge in [0.1, 0.15) is 0 Å². The van der Waals surface area contributed by atoms with Crippen molar-refractivity contribution in [3.8, 4) is 0 Å². The first kappa shape index (κ1) is 15.7. The molecule has 5 heteroatoms. The SMILES string of the molecule is CCc1ccsc1C(=O)N(CCCC(=O)O)C(C)C. The summed E-state index contributed by atoms with van der Waals surface area (Å²) in [5, 5.41) is 10.6. The van der Waals surface area contributed by atoms with Crippen LogP contribution in [0.25, 0.3) is 0 Å². The Bertz CT molecular complexity index is 440. The minimum Gasteiger partial charge on any atom is -0.481 e. The predicted octanol–water partition coefficient (Wildman–Crippen LogP) is 3.03. The van der Waals surface area contributed by atoms with Crippen LogP contribution in [0, 0.1) is 0 Å². The number of carboxylic acids is 1. The normalized spacial score (nSPS) is 10.7. The Balaban J connectivity index is 2.76. The zero-order valence-corrected chi connectivity index (χ0v) is 12.5. The average molecular weight is 283 g/mol. The highest BCUT2D eigenvalue weighted by Crippen LogP contribution is 2.21. The molecule has 0 aliphatic carbocycles. The molecule has 0 spiro atoms. The van der Waals surface area contributed by atoms with Gasteiger partial charge in [-0.3, -0.25) is 9.59 Å².